The summed E-state index contributed by atoms with van der Waals surface area (Å²) in [4.78, 5) is 22.3. The fourth-order valence-corrected chi connectivity index (χ4v) is 0.787. The summed E-state index contributed by atoms with van der Waals surface area (Å²) in [5, 5.41) is 0. The van der Waals surface area contributed by atoms with E-state index in [1.165, 1.54) is 0 Å². The van der Waals surface area contributed by atoms with Gasteiger partial charge in [-0.05, 0) is 6.07 Å². The average Bonchev–Trinajstić information content (AvgIpc) is 2.09. The molecule has 0 aliphatic carbocycles. The normalized spacial score (nSPS) is 10.5. The molecule has 0 aliphatic heterocycles. The maximum atomic E-state index is 12.6. The molecular weight excluding hydrogens is 187 g/mol. The van der Waals surface area contributed by atoms with Crippen molar-refractivity contribution in [2.45, 2.75) is 6.43 Å². The molecule has 0 saturated carbocycles. The van der Waals surface area contributed by atoms with Gasteiger partial charge in [0.1, 0.15) is 0 Å². The van der Waals surface area contributed by atoms with E-state index < -0.39 is 29.1 Å². The van der Waals surface area contributed by atoms with Crippen LogP contribution in [0.1, 0.15) is 22.5 Å². The van der Waals surface area contributed by atoms with Crippen LogP contribution in [0.3, 0.4) is 0 Å². The van der Waals surface area contributed by atoms with Crippen LogP contribution in [0.2, 0.25) is 0 Å². The molecule has 13 heavy (non-hydrogen) atoms. The summed E-state index contributed by atoms with van der Waals surface area (Å²) in [6, 6.07) is 0.606. The molecule has 0 amide bonds. The molecule has 0 fully saturated rings. The largest absolute Gasteiger partial charge is 0.318 e. The maximum absolute atomic E-state index is 12.6. The maximum Gasteiger partial charge on any atom is 0.285 e. The van der Waals surface area contributed by atoms with Crippen molar-refractivity contribution in [2.75, 3.05) is 0 Å². The third-order valence-corrected chi connectivity index (χ3v) is 1.38. The van der Waals surface area contributed by atoms with Crippen molar-refractivity contribution in [1.82, 2.24) is 4.98 Å². The highest BCUT2D eigenvalue weighted by atomic mass is 19.3. The molecule has 1 N–H and O–H groups in total. The minimum Gasteiger partial charge on any atom is -0.318 e. The van der Waals surface area contributed by atoms with Crippen LogP contribution < -0.4 is 5.56 Å². The summed E-state index contributed by atoms with van der Waals surface area (Å²) in [5.74, 6) is -1.35. The fraction of sp³-hybridized carbons (Fsp3) is 0.143. The zero-order valence-electron chi connectivity index (χ0n) is 6.18. The Bertz CT molecular complexity index is 386. The van der Waals surface area contributed by atoms with E-state index in [0.29, 0.717) is 6.07 Å². The third-order valence-electron chi connectivity index (χ3n) is 1.38. The third kappa shape index (κ3) is 1.77. The smallest absolute Gasteiger partial charge is 0.285 e. The second-order valence-electron chi connectivity index (χ2n) is 2.24. The Hall–Kier alpha value is -1.59. The number of carbonyl (C=O) groups is 1. The predicted molar refractivity (Wildman–Crippen MR) is 37.4 cm³/mol. The van der Waals surface area contributed by atoms with Gasteiger partial charge in [-0.25, -0.2) is 13.2 Å². The molecule has 0 spiro atoms. The highest BCUT2D eigenvalue weighted by Gasteiger charge is 2.13. The van der Waals surface area contributed by atoms with Gasteiger partial charge in [-0.2, -0.15) is 0 Å². The highest BCUT2D eigenvalue weighted by molar-refractivity contribution is 5.75. The van der Waals surface area contributed by atoms with Crippen LogP contribution in [0.4, 0.5) is 13.2 Å². The topological polar surface area (TPSA) is 49.9 Å². The van der Waals surface area contributed by atoms with Crippen LogP contribution in [0, 0.1) is 5.82 Å². The lowest BCUT2D eigenvalue weighted by molar-refractivity contribution is 0.111. The Morgan fingerprint density at radius 1 is 1.46 bits per heavy atom. The van der Waals surface area contributed by atoms with Crippen molar-refractivity contribution in [2.24, 2.45) is 0 Å². The number of pyridine rings is 1. The van der Waals surface area contributed by atoms with Gasteiger partial charge >= 0.3 is 0 Å². The van der Waals surface area contributed by atoms with Gasteiger partial charge < -0.3 is 4.98 Å². The molecule has 0 aromatic carbocycles. The first-order chi connectivity index (χ1) is 6.06. The number of halogens is 3. The second kappa shape index (κ2) is 3.42. The number of alkyl halides is 2. The molecule has 1 rings (SSSR count). The van der Waals surface area contributed by atoms with E-state index in [1.807, 2.05) is 0 Å². The Balaban J connectivity index is 3.39. The first-order valence-corrected chi connectivity index (χ1v) is 3.22. The Morgan fingerprint density at radius 2 is 2.08 bits per heavy atom. The van der Waals surface area contributed by atoms with Crippen molar-refractivity contribution >= 4 is 6.29 Å². The van der Waals surface area contributed by atoms with E-state index in [4.69, 9.17) is 0 Å². The monoisotopic (exact) mass is 191 g/mol. The molecule has 3 nitrogen and oxygen atoms in total. The molecule has 0 aliphatic rings. The summed E-state index contributed by atoms with van der Waals surface area (Å²) in [6.07, 6.45) is -2.93. The number of nitrogens with one attached hydrogen (secondary N) is 1. The van der Waals surface area contributed by atoms with Crippen molar-refractivity contribution < 1.29 is 18.0 Å². The van der Waals surface area contributed by atoms with Gasteiger partial charge in [0.2, 0.25) is 0 Å². The van der Waals surface area contributed by atoms with Crippen molar-refractivity contribution in [1.29, 1.82) is 0 Å². The van der Waals surface area contributed by atoms with Crippen LogP contribution in [0.25, 0.3) is 0 Å². The van der Waals surface area contributed by atoms with Gasteiger partial charge in [-0.1, -0.05) is 0 Å². The Labute approximate surface area is 70.2 Å². The first-order valence-electron chi connectivity index (χ1n) is 3.22. The molecule has 70 valence electrons. The molecule has 1 heterocycles. The number of carbonyl (C=O) groups excluding carboxylic acids is 1. The molecular formula is C7H4F3NO2. The van der Waals surface area contributed by atoms with Crippen molar-refractivity contribution in [3.05, 3.63) is 33.5 Å². The predicted octanol–water partition coefficient (Wildman–Crippen LogP) is 1.26. The molecule has 1 aromatic rings. The highest BCUT2D eigenvalue weighted by Crippen LogP contribution is 2.15. The number of hydrogen-bond acceptors (Lipinski definition) is 2. The Kier molecular flexibility index (Phi) is 2.50. The molecule has 1 aromatic heterocycles. The molecule has 0 bridgehead atoms. The van der Waals surface area contributed by atoms with E-state index in [2.05, 4.69) is 0 Å². The molecule has 0 saturated heterocycles. The summed E-state index contributed by atoms with van der Waals surface area (Å²) in [5.41, 5.74) is -2.76. The van der Waals surface area contributed by atoms with E-state index in [9.17, 15) is 22.8 Å². The van der Waals surface area contributed by atoms with Gasteiger partial charge in [0.05, 0.1) is 11.3 Å². The van der Waals surface area contributed by atoms with Gasteiger partial charge in [-0.15, -0.1) is 0 Å². The second-order valence-corrected chi connectivity index (χ2v) is 2.24. The number of rotatable bonds is 2. The zero-order chi connectivity index (χ0) is 10.0. The number of aromatic nitrogens is 1. The Morgan fingerprint density at radius 3 is 2.54 bits per heavy atom. The average molecular weight is 191 g/mol. The zero-order valence-corrected chi connectivity index (χ0v) is 6.18. The minimum atomic E-state index is -2.94. The van der Waals surface area contributed by atoms with Gasteiger partial charge in [0.25, 0.3) is 12.0 Å². The fourth-order valence-electron chi connectivity index (χ4n) is 0.787. The van der Waals surface area contributed by atoms with E-state index in [0.717, 1.165) is 0 Å². The number of hydrogen-bond donors (Lipinski definition) is 1. The van der Waals surface area contributed by atoms with Crippen LogP contribution in [-0.4, -0.2) is 11.3 Å². The lowest BCUT2D eigenvalue weighted by atomic mass is 10.2. The van der Waals surface area contributed by atoms with Crippen LogP contribution in [0.15, 0.2) is 10.9 Å². The lowest BCUT2D eigenvalue weighted by Crippen LogP contribution is -2.16. The summed E-state index contributed by atoms with van der Waals surface area (Å²) < 4.78 is 36.6. The standard InChI is InChI=1S/C7H4F3NO2/c8-5-3(2-12)1-4(6(9)10)11-7(5)13/h1-2,6H,(H,11,13). The summed E-state index contributed by atoms with van der Waals surface area (Å²) in [6.45, 7) is 0. The van der Waals surface area contributed by atoms with Crippen molar-refractivity contribution in [3.8, 4) is 0 Å². The van der Waals surface area contributed by atoms with Crippen LogP contribution in [0.5, 0.6) is 0 Å². The number of H-pyrrole nitrogens is 1. The number of aromatic amines is 1. The SMILES string of the molecule is O=Cc1cc(C(F)F)[nH]c(=O)c1F. The number of aldehydes is 1. The first kappa shape index (κ1) is 9.50. The lowest BCUT2D eigenvalue weighted by Gasteiger charge is -2.00. The summed E-state index contributed by atoms with van der Waals surface area (Å²) >= 11 is 0. The van der Waals surface area contributed by atoms with Gasteiger partial charge in [0.15, 0.2) is 12.1 Å². The quantitative estimate of drug-likeness (QED) is 0.715. The van der Waals surface area contributed by atoms with E-state index >= 15 is 0 Å². The van der Waals surface area contributed by atoms with Gasteiger partial charge in [0, 0.05) is 0 Å². The van der Waals surface area contributed by atoms with Crippen molar-refractivity contribution in [3.63, 3.8) is 0 Å². The van der Waals surface area contributed by atoms with Crippen LogP contribution >= 0.6 is 0 Å². The molecule has 0 radical (unpaired) electrons. The molecule has 6 heteroatoms. The van der Waals surface area contributed by atoms with Gasteiger partial charge in [-0.3, -0.25) is 9.59 Å². The summed E-state index contributed by atoms with van der Waals surface area (Å²) in [7, 11) is 0. The minimum absolute atomic E-state index is 0.0104. The van der Waals surface area contributed by atoms with E-state index in [1.54, 1.807) is 4.98 Å². The van der Waals surface area contributed by atoms with Crippen LogP contribution in [-0.2, 0) is 0 Å². The van der Waals surface area contributed by atoms with E-state index in [-0.39, 0.29) is 6.29 Å². The molecule has 0 unspecified atom stereocenters. The molecule has 0 atom stereocenters.